The maximum atomic E-state index is 14.0. The first-order valence-corrected chi connectivity index (χ1v) is 11.7. The molecule has 1 amide bonds. The van der Waals surface area contributed by atoms with E-state index in [1.54, 1.807) is 31.1 Å². The van der Waals surface area contributed by atoms with E-state index in [0.717, 1.165) is 5.52 Å². The van der Waals surface area contributed by atoms with Gasteiger partial charge in [0.1, 0.15) is 5.75 Å². The summed E-state index contributed by atoms with van der Waals surface area (Å²) in [5.41, 5.74) is 2.04. The maximum absolute atomic E-state index is 14.0. The van der Waals surface area contributed by atoms with Crippen molar-refractivity contribution in [3.8, 4) is 17.2 Å². The minimum atomic E-state index is -1.18. The van der Waals surface area contributed by atoms with Crippen molar-refractivity contribution in [3.63, 3.8) is 0 Å². The van der Waals surface area contributed by atoms with Gasteiger partial charge in [-0.25, -0.2) is 4.98 Å². The van der Waals surface area contributed by atoms with Gasteiger partial charge in [-0.15, -0.1) is 0 Å². The van der Waals surface area contributed by atoms with Crippen molar-refractivity contribution in [2.75, 3.05) is 53.1 Å². The molecule has 3 aromatic rings. The number of hydrogen-bond donors (Lipinski definition) is 0. The standard InChI is InChI=1S/C26H31N3O7/c1-6-36-25(31)22-23(16-14-20(34-4)21(35-5)15-19(16)33-3)29-18-11-8-7-10-17(18)27-26(29)28(24(22)30)12-9-13-32-2/h7-8,10-11,14-15,22-23H,6,9,12-13H2,1-5H3/t22-,23+/m0/s1. The van der Waals surface area contributed by atoms with E-state index < -0.39 is 23.8 Å². The number of carbonyl (C=O) groups is 2. The molecule has 2 atom stereocenters. The van der Waals surface area contributed by atoms with Crippen LogP contribution in [0.4, 0.5) is 5.95 Å². The Bertz CT molecular complexity index is 1260. The molecule has 0 N–H and O–H groups in total. The largest absolute Gasteiger partial charge is 0.496 e. The summed E-state index contributed by atoms with van der Waals surface area (Å²) < 4.78 is 29.2. The van der Waals surface area contributed by atoms with Crippen molar-refractivity contribution in [1.82, 2.24) is 9.55 Å². The van der Waals surface area contributed by atoms with Gasteiger partial charge < -0.3 is 28.3 Å². The van der Waals surface area contributed by atoms with E-state index in [2.05, 4.69) is 0 Å². The van der Waals surface area contributed by atoms with Gasteiger partial charge in [0.2, 0.25) is 11.9 Å². The van der Waals surface area contributed by atoms with Gasteiger partial charge in [-0.1, -0.05) is 12.1 Å². The number of ether oxygens (including phenoxy) is 5. The van der Waals surface area contributed by atoms with Crippen molar-refractivity contribution >= 4 is 28.9 Å². The second kappa shape index (κ2) is 10.9. The van der Waals surface area contributed by atoms with Gasteiger partial charge in [0.15, 0.2) is 17.4 Å². The predicted octanol–water partition coefficient (Wildman–Crippen LogP) is 3.21. The third-order valence-corrected chi connectivity index (χ3v) is 6.27. The average molecular weight is 498 g/mol. The molecule has 10 nitrogen and oxygen atoms in total. The molecule has 1 aliphatic heterocycles. The highest BCUT2D eigenvalue weighted by Gasteiger charge is 2.48. The number of amides is 1. The van der Waals surface area contributed by atoms with Crippen LogP contribution >= 0.6 is 0 Å². The topological polar surface area (TPSA) is 101 Å². The van der Waals surface area contributed by atoms with Gasteiger partial charge >= 0.3 is 5.97 Å². The maximum Gasteiger partial charge on any atom is 0.321 e. The number of imidazole rings is 1. The minimum Gasteiger partial charge on any atom is -0.496 e. The summed E-state index contributed by atoms with van der Waals surface area (Å²) in [6, 6.07) is 10.2. The van der Waals surface area contributed by atoms with E-state index in [9.17, 15) is 9.59 Å². The first kappa shape index (κ1) is 25.3. The molecule has 10 heteroatoms. The van der Waals surface area contributed by atoms with E-state index >= 15 is 0 Å². The van der Waals surface area contributed by atoms with Gasteiger partial charge in [0.05, 0.1) is 45.0 Å². The average Bonchev–Trinajstić information content (AvgIpc) is 3.28. The van der Waals surface area contributed by atoms with E-state index in [1.807, 2.05) is 28.8 Å². The number of benzene rings is 2. The highest BCUT2D eigenvalue weighted by Crippen LogP contribution is 2.46. The highest BCUT2D eigenvalue weighted by molar-refractivity contribution is 6.08. The van der Waals surface area contributed by atoms with Crippen LogP contribution in [0.1, 0.15) is 24.9 Å². The number of methoxy groups -OCH3 is 4. The van der Waals surface area contributed by atoms with Crippen LogP contribution in [0.2, 0.25) is 0 Å². The van der Waals surface area contributed by atoms with Crippen molar-refractivity contribution in [3.05, 3.63) is 42.0 Å². The normalized spacial score (nSPS) is 17.1. The van der Waals surface area contributed by atoms with Crippen LogP contribution in [0.25, 0.3) is 11.0 Å². The van der Waals surface area contributed by atoms with Crippen LogP contribution in [-0.2, 0) is 19.1 Å². The van der Waals surface area contributed by atoms with Crippen molar-refractivity contribution in [1.29, 1.82) is 0 Å². The molecule has 0 unspecified atom stereocenters. The zero-order chi connectivity index (χ0) is 25.8. The van der Waals surface area contributed by atoms with Gasteiger partial charge in [0.25, 0.3) is 0 Å². The number of aromatic nitrogens is 2. The van der Waals surface area contributed by atoms with Crippen LogP contribution in [0.3, 0.4) is 0 Å². The second-order valence-electron chi connectivity index (χ2n) is 8.23. The molecule has 0 saturated carbocycles. The molecule has 4 rings (SSSR count). The minimum absolute atomic E-state index is 0.139. The number of anilines is 1. The van der Waals surface area contributed by atoms with Gasteiger partial charge in [0, 0.05) is 31.9 Å². The summed E-state index contributed by atoms with van der Waals surface area (Å²) in [6.07, 6.45) is 0.575. The number of hydrogen-bond acceptors (Lipinski definition) is 8. The molecule has 0 radical (unpaired) electrons. The Morgan fingerprint density at radius 1 is 1.00 bits per heavy atom. The van der Waals surface area contributed by atoms with Crippen molar-refractivity contribution in [2.45, 2.75) is 19.4 Å². The summed E-state index contributed by atoms with van der Waals surface area (Å²) in [5, 5.41) is 0. The summed E-state index contributed by atoms with van der Waals surface area (Å²) in [7, 11) is 6.19. The summed E-state index contributed by atoms with van der Waals surface area (Å²) >= 11 is 0. The fourth-order valence-electron chi connectivity index (χ4n) is 4.69. The molecule has 0 aliphatic carbocycles. The van der Waals surface area contributed by atoms with Crippen molar-refractivity contribution < 1.29 is 33.3 Å². The Hall–Kier alpha value is -3.79. The lowest BCUT2D eigenvalue weighted by atomic mass is 9.88. The number of nitrogens with zero attached hydrogens (tertiary/aromatic N) is 3. The van der Waals surface area contributed by atoms with Crippen LogP contribution in [0, 0.1) is 5.92 Å². The molecule has 0 saturated heterocycles. The molecule has 1 aliphatic rings. The smallest absolute Gasteiger partial charge is 0.321 e. The Kier molecular flexibility index (Phi) is 7.64. The van der Waals surface area contributed by atoms with Crippen LogP contribution in [0.5, 0.6) is 17.2 Å². The Labute approximate surface area is 209 Å². The first-order chi connectivity index (χ1) is 17.5. The number of rotatable bonds is 10. The molecule has 0 bridgehead atoms. The molecule has 36 heavy (non-hydrogen) atoms. The SMILES string of the molecule is CCOC(=O)[C@@H]1C(=O)N(CCCOC)c2nc3ccccc3n2[C@@H]1c1cc(OC)c(OC)cc1OC. The molecular formula is C26H31N3O7. The molecule has 2 heterocycles. The number of fused-ring (bicyclic) bond motifs is 3. The predicted molar refractivity (Wildman–Crippen MR) is 133 cm³/mol. The Morgan fingerprint density at radius 3 is 2.36 bits per heavy atom. The molecular weight excluding hydrogens is 466 g/mol. The summed E-state index contributed by atoms with van der Waals surface area (Å²) in [4.78, 5) is 33.7. The first-order valence-electron chi connectivity index (χ1n) is 11.7. The number of esters is 1. The third kappa shape index (κ3) is 4.32. The molecule has 0 spiro atoms. The lowest BCUT2D eigenvalue weighted by molar-refractivity contribution is -0.153. The molecule has 0 fully saturated rings. The molecule has 1 aromatic heterocycles. The lowest BCUT2D eigenvalue weighted by Gasteiger charge is -2.38. The lowest BCUT2D eigenvalue weighted by Crippen LogP contribution is -2.50. The second-order valence-corrected chi connectivity index (χ2v) is 8.23. The van der Waals surface area contributed by atoms with Crippen LogP contribution < -0.4 is 19.1 Å². The zero-order valence-electron chi connectivity index (χ0n) is 21.1. The quantitative estimate of drug-likeness (QED) is 0.239. The summed E-state index contributed by atoms with van der Waals surface area (Å²) in [6.45, 7) is 2.65. The number of para-hydroxylation sites is 2. The van der Waals surface area contributed by atoms with E-state index in [-0.39, 0.29) is 6.61 Å². The Morgan fingerprint density at radius 2 is 1.69 bits per heavy atom. The fourth-order valence-corrected chi connectivity index (χ4v) is 4.69. The summed E-state index contributed by atoms with van der Waals surface area (Å²) in [5.74, 6) is -0.402. The van der Waals surface area contributed by atoms with Gasteiger partial charge in [-0.05, 0) is 31.5 Å². The monoisotopic (exact) mass is 497 g/mol. The van der Waals surface area contributed by atoms with Crippen LogP contribution in [0.15, 0.2) is 36.4 Å². The Balaban J connectivity index is 2.02. The van der Waals surface area contributed by atoms with Crippen molar-refractivity contribution in [2.24, 2.45) is 5.92 Å². The van der Waals surface area contributed by atoms with Gasteiger partial charge in [-0.3, -0.25) is 14.5 Å². The van der Waals surface area contributed by atoms with E-state index in [0.29, 0.717) is 53.8 Å². The van der Waals surface area contributed by atoms with E-state index in [4.69, 9.17) is 28.7 Å². The van der Waals surface area contributed by atoms with E-state index in [1.165, 1.54) is 21.3 Å². The fraction of sp³-hybridized carbons (Fsp3) is 0.423. The third-order valence-electron chi connectivity index (χ3n) is 6.27. The zero-order valence-corrected chi connectivity index (χ0v) is 21.1. The van der Waals surface area contributed by atoms with Gasteiger partial charge in [-0.2, -0.15) is 0 Å². The van der Waals surface area contributed by atoms with Crippen LogP contribution in [-0.4, -0.2) is 69.6 Å². The highest BCUT2D eigenvalue weighted by atomic mass is 16.5. The number of carbonyl (C=O) groups excluding carboxylic acids is 2. The molecule has 2 aromatic carbocycles. The molecule has 192 valence electrons.